The molecule has 0 atom stereocenters. The minimum absolute atomic E-state index is 0.0960. The lowest BCUT2D eigenvalue weighted by Gasteiger charge is -2.16. The van der Waals surface area contributed by atoms with Crippen molar-refractivity contribution in [2.24, 2.45) is 0 Å². The van der Waals surface area contributed by atoms with Gasteiger partial charge in [0, 0.05) is 25.7 Å². The van der Waals surface area contributed by atoms with E-state index in [2.05, 4.69) is 15.4 Å². The lowest BCUT2D eigenvalue weighted by atomic mass is 9.86. The van der Waals surface area contributed by atoms with Gasteiger partial charge in [-0.15, -0.1) is 0 Å². The molecule has 8 heteroatoms. The summed E-state index contributed by atoms with van der Waals surface area (Å²) in [5.41, 5.74) is 0.520. The smallest absolute Gasteiger partial charge is 0.240 e. The topological polar surface area (TPSA) is 104 Å². The lowest BCUT2D eigenvalue weighted by Crippen LogP contribution is -2.33. The van der Waals surface area contributed by atoms with Gasteiger partial charge in [0.15, 0.2) is 0 Å². The van der Waals surface area contributed by atoms with Crippen LogP contribution < -0.4 is 15.4 Å². The minimum atomic E-state index is -3.69. The minimum Gasteiger partial charge on any atom is -0.355 e. The number of hydrogen-bond acceptors (Lipinski definition) is 4. The molecule has 0 bridgehead atoms. The van der Waals surface area contributed by atoms with Crippen molar-refractivity contribution in [2.75, 3.05) is 18.4 Å². The average Bonchev–Trinajstić information content (AvgIpc) is 2.65. The molecule has 0 saturated carbocycles. The summed E-state index contributed by atoms with van der Waals surface area (Å²) >= 11 is 0. The third kappa shape index (κ3) is 3.12. The first-order chi connectivity index (χ1) is 10.1. The normalized spacial score (nSPS) is 16.0. The van der Waals surface area contributed by atoms with Gasteiger partial charge in [-0.05, 0) is 37.6 Å². The Morgan fingerprint density at radius 2 is 1.95 bits per heavy atom. The van der Waals surface area contributed by atoms with E-state index in [1.165, 1.54) is 19.1 Å². The van der Waals surface area contributed by atoms with E-state index in [0.717, 1.165) is 0 Å². The Hall–Kier alpha value is -1.93. The number of anilines is 1. The lowest BCUT2D eigenvalue weighted by molar-refractivity contribution is -0.120. The monoisotopic (exact) mass is 325 g/mol. The molecular weight excluding hydrogens is 306 g/mol. The predicted octanol–water partition coefficient (Wildman–Crippen LogP) is 0.331. The second-order valence-corrected chi connectivity index (χ2v) is 7.43. The summed E-state index contributed by atoms with van der Waals surface area (Å²) in [6, 6.07) is 4.54. The van der Waals surface area contributed by atoms with Crippen LogP contribution in [0.4, 0.5) is 5.69 Å². The zero-order chi connectivity index (χ0) is 16.5. The molecule has 1 aromatic carbocycles. The van der Waals surface area contributed by atoms with Gasteiger partial charge in [0.1, 0.15) is 0 Å². The van der Waals surface area contributed by atoms with E-state index in [-0.39, 0.29) is 29.8 Å². The van der Waals surface area contributed by atoms with Crippen LogP contribution in [0.3, 0.4) is 0 Å². The van der Waals surface area contributed by atoms with Crippen molar-refractivity contribution in [1.29, 1.82) is 0 Å². The molecule has 0 aliphatic carbocycles. The summed E-state index contributed by atoms with van der Waals surface area (Å²) in [6.45, 7) is 5.16. The van der Waals surface area contributed by atoms with E-state index >= 15 is 0 Å². The van der Waals surface area contributed by atoms with Crippen molar-refractivity contribution >= 4 is 27.5 Å². The maximum atomic E-state index is 12.2. The fourth-order valence-electron chi connectivity index (χ4n) is 2.22. The molecule has 3 N–H and O–H groups in total. The SMILES string of the molecule is CC(=O)NCCNS(=O)(=O)c1ccc2c(c1)C(C)(C)C(=O)N2. The summed E-state index contributed by atoms with van der Waals surface area (Å²) in [5.74, 6) is -0.376. The number of fused-ring (bicyclic) bond motifs is 1. The molecule has 1 aromatic rings. The van der Waals surface area contributed by atoms with E-state index in [1.54, 1.807) is 19.9 Å². The van der Waals surface area contributed by atoms with E-state index < -0.39 is 15.4 Å². The maximum Gasteiger partial charge on any atom is 0.240 e. The molecule has 1 aliphatic heterocycles. The molecule has 0 aromatic heterocycles. The highest BCUT2D eigenvalue weighted by Gasteiger charge is 2.39. The Bertz CT molecular complexity index is 726. The Morgan fingerprint density at radius 3 is 2.59 bits per heavy atom. The number of amides is 2. The predicted molar refractivity (Wildman–Crippen MR) is 82.0 cm³/mol. The van der Waals surface area contributed by atoms with E-state index in [0.29, 0.717) is 11.3 Å². The van der Waals surface area contributed by atoms with Gasteiger partial charge >= 0.3 is 0 Å². The molecule has 0 radical (unpaired) electrons. The van der Waals surface area contributed by atoms with E-state index in [4.69, 9.17) is 0 Å². The first kappa shape index (κ1) is 16.4. The molecule has 120 valence electrons. The van der Waals surface area contributed by atoms with Crippen LogP contribution >= 0.6 is 0 Å². The summed E-state index contributed by atoms with van der Waals surface area (Å²) < 4.78 is 26.9. The van der Waals surface area contributed by atoms with Crippen molar-refractivity contribution in [2.45, 2.75) is 31.1 Å². The van der Waals surface area contributed by atoms with Gasteiger partial charge < -0.3 is 10.6 Å². The third-order valence-electron chi connectivity index (χ3n) is 3.58. The molecule has 0 saturated heterocycles. The Labute approximate surface area is 129 Å². The first-order valence-corrected chi connectivity index (χ1v) is 8.33. The Morgan fingerprint density at radius 1 is 1.27 bits per heavy atom. The van der Waals surface area contributed by atoms with Crippen molar-refractivity contribution in [3.63, 3.8) is 0 Å². The zero-order valence-corrected chi connectivity index (χ0v) is 13.5. The standard InChI is InChI=1S/C14H19N3O4S/c1-9(18)15-6-7-16-22(20,21)10-4-5-12-11(8-10)14(2,3)13(19)17-12/h4-5,8,16H,6-7H2,1-3H3,(H,15,18)(H,17,19). The van der Waals surface area contributed by atoms with Crippen LogP contribution in [0.2, 0.25) is 0 Å². The third-order valence-corrected chi connectivity index (χ3v) is 5.04. The quantitative estimate of drug-likeness (QED) is 0.679. The van der Waals surface area contributed by atoms with Gasteiger partial charge in [-0.2, -0.15) is 0 Å². The highest BCUT2D eigenvalue weighted by molar-refractivity contribution is 7.89. The van der Waals surface area contributed by atoms with Crippen molar-refractivity contribution < 1.29 is 18.0 Å². The number of hydrogen-bond donors (Lipinski definition) is 3. The molecular formula is C14H19N3O4S. The molecule has 7 nitrogen and oxygen atoms in total. The van der Waals surface area contributed by atoms with Gasteiger partial charge in [0.2, 0.25) is 21.8 Å². The van der Waals surface area contributed by atoms with Crippen molar-refractivity contribution in [1.82, 2.24) is 10.0 Å². The highest BCUT2D eigenvalue weighted by Crippen LogP contribution is 2.38. The van der Waals surface area contributed by atoms with Gasteiger partial charge in [0.05, 0.1) is 10.3 Å². The number of sulfonamides is 1. The molecule has 1 aliphatic rings. The van der Waals surface area contributed by atoms with E-state index in [1.807, 2.05) is 0 Å². The fourth-order valence-corrected chi connectivity index (χ4v) is 3.28. The van der Waals surface area contributed by atoms with Crippen molar-refractivity contribution in [3.8, 4) is 0 Å². The summed E-state index contributed by atoms with van der Waals surface area (Å²) in [5, 5.41) is 5.24. The van der Waals surface area contributed by atoms with Crippen LogP contribution in [0.1, 0.15) is 26.3 Å². The second kappa shape index (κ2) is 5.69. The van der Waals surface area contributed by atoms with Crippen LogP contribution in [-0.4, -0.2) is 33.3 Å². The van der Waals surface area contributed by atoms with E-state index in [9.17, 15) is 18.0 Å². The maximum absolute atomic E-state index is 12.2. The first-order valence-electron chi connectivity index (χ1n) is 6.84. The van der Waals surface area contributed by atoms with Crippen LogP contribution in [0.25, 0.3) is 0 Å². The molecule has 0 fully saturated rings. The Kier molecular flexibility index (Phi) is 4.25. The number of benzene rings is 1. The molecule has 0 unspecified atom stereocenters. The largest absolute Gasteiger partial charge is 0.355 e. The van der Waals surface area contributed by atoms with Gasteiger partial charge in [-0.1, -0.05) is 0 Å². The van der Waals surface area contributed by atoms with Crippen LogP contribution in [0.5, 0.6) is 0 Å². The van der Waals surface area contributed by atoms with Crippen LogP contribution in [0, 0.1) is 0 Å². The number of rotatable bonds is 5. The number of carbonyl (C=O) groups is 2. The number of nitrogens with one attached hydrogen (secondary N) is 3. The zero-order valence-electron chi connectivity index (χ0n) is 12.7. The van der Waals surface area contributed by atoms with Gasteiger partial charge in [-0.3, -0.25) is 9.59 Å². The fraction of sp³-hybridized carbons (Fsp3) is 0.429. The molecule has 2 rings (SSSR count). The molecule has 2 amide bonds. The van der Waals surface area contributed by atoms with Gasteiger partial charge in [-0.25, -0.2) is 13.1 Å². The molecule has 0 spiro atoms. The summed E-state index contributed by atoms with van der Waals surface area (Å²) in [4.78, 5) is 22.7. The Balaban J connectivity index is 2.18. The average molecular weight is 325 g/mol. The van der Waals surface area contributed by atoms with Crippen LogP contribution in [-0.2, 0) is 25.0 Å². The summed E-state index contributed by atoms with van der Waals surface area (Å²) in [6.07, 6.45) is 0. The molecule has 22 heavy (non-hydrogen) atoms. The number of carbonyl (C=O) groups excluding carboxylic acids is 2. The highest BCUT2D eigenvalue weighted by atomic mass is 32.2. The second-order valence-electron chi connectivity index (χ2n) is 5.67. The van der Waals surface area contributed by atoms with Crippen LogP contribution in [0.15, 0.2) is 23.1 Å². The summed E-state index contributed by atoms with van der Waals surface area (Å²) in [7, 11) is -3.69. The molecule has 1 heterocycles. The van der Waals surface area contributed by atoms with Crippen molar-refractivity contribution in [3.05, 3.63) is 23.8 Å². The van der Waals surface area contributed by atoms with Gasteiger partial charge in [0.25, 0.3) is 0 Å².